The number of halogens is 1. The molecule has 3 N–H and O–H groups in total. The van der Waals surface area contributed by atoms with Gasteiger partial charge in [-0.1, -0.05) is 11.6 Å². The molecule has 100 valence electrons. The number of rotatable bonds is 5. The number of nitrogens with two attached hydrogens (primary N) is 1. The maximum absolute atomic E-state index is 5.99. The summed E-state index contributed by atoms with van der Waals surface area (Å²) in [5, 5.41) is 3.59. The lowest BCUT2D eigenvalue weighted by Gasteiger charge is -2.12. The highest BCUT2D eigenvalue weighted by Gasteiger charge is 2.06. The van der Waals surface area contributed by atoms with E-state index in [0.29, 0.717) is 24.0 Å². The van der Waals surface area contributed by atoms with Crippen LogP contribution in [0.25, 0.3) is 0 Å². The summed E-state index contributed by atoms with van der Waals surface area (Å²) in [7, 11) is 0. The van der Waals surface area contributed by atoms with Gasteiger partial charge in [-0.05, 0) is 25.1 Å². The minimum Gasteiger partial charge on any atom is -0.494 e. The maximum Gasteiger partial charge on any atom is 0.152 e. The van der Waals surface area contributed by atoms with Crippen LogP contribution >= 0.6 is 11.6 Å². The van der Waals surface area contributed by atoms with Gasteiger partial charge < -0.3 is 15.8 Å². The van der Waals surface area contributed by atoms with E-state index in [1.54, 1.807) is 0 Å². The summed E-state index contributed by atoms with van der Waals surface area (Å²) in [6.45, 7) is 2.95. The first-order chi connectivity index (χ1) is 9.24. The van der Waals surface area contributed by atoms with Crippen LogP contribution in [0.5, 0.6) is 5.75 Å². The number of ether oxygens (including phenoxy) is 1. The first-order valence-electron chi connectivity index (χ1n) is 5.93. The summed E-state index contributed by atoms with van der Waals surface area (Å²) < 4.78 is 5.50. The van der Waals surface area contributed by atoms with Crippen LogP contribution in [0, 0.1) is 0 Å². The fraction of sp³-hybridized carbons (Fsp3) is 0.231. The van der Waals surface area contributed by atoms with Crippen molar-refractivity contribution < 1.29 is 4.74 Å². The molecule has 0 bridgehead atoms. The third kappa shape index (κ3) is 3.33. The third-order valence-electron chi connectivity index (χ3n) is 2.51. The SMILES string of the molecule is CCOc1ccc(Nc2ncncc2Cl)cc1CN. The van der Waals surface area contributed by atoms with Crippen molar-refractivity contribution in [1.82, 2.24) is 9.97 Å². The van der Waals surface area contributed by atoms with Gasteiger partial charge in [0.2, 0.25) is 0 Å². The van der Waals surface area contributed by atoms with Crippen molar-refractivity contribution in [3.8, 4) is 5.75 Å². The van der Waals surface area contributed by atoms with Crippen LogP contribution in [0.4, 0.5) is 11.5 Å². The first kappa shape index (κ1) is 13.6. The van der Waals surface area contributed by atoms with Gasteiger partial charge in [-0.2, -0.15) is 0 Å². The molecule has 0 spiro atoms. The van der Waals surface area contributed by atoms with Crippen LogP contribution in [-0.2, 0) is 6.54 Å². The van der Waals surface area contributed by atoms with E-state index in [2.05, 4.69) is 15.3 Å². The Kier molecular flexibility index (Phi) is 4.54. The highest BCUT2D eigenvalue weighted by Crippen LogP contribution is 2.26. The zero-order valence-electron chi connectivity index (χ0n) is 10.6. The van der Waals surface area contributed by atoms with E-state index < -0.39 is 0 Å². The van der Waals surface area contributed by atoms with Crippen molar-refractivity contribution in [1.29, 1.82) is 0 Å². The molecule has 1 aromatic heterocycles. The molecule has 0 aliphatic carbocycles. The number of anilines is 2. The van der Waals surface area contributed by atoms with Gasteiger partial charge in [0.25, 0.3) is 0 Å². The Hall–Kier alpha value is -1.85. The Balaban J connectivity index is 2.24. The third-order valence-corrected chi connectivity index (χ3v) is 2.79. The summed E-state index contributed by atoms with van der Waals surface area (Å²) in [6.07, 6.45) is 2.97. The van der Waals surface area contributed by atoms with E-state index >= 15 is 0 Å². The second-order valence-electron chi connectivity index (χ2n) is 3.80. The molecule has 6 heteroatoms. The van der Waals surface area contributed by atoms with Gasteiger partial charge in [0, 0.05) is 17.8 Å². The smallest absolute Gasteiger partial charge is 0.152 e. The van der Waals surface area contributed by atoms with Gasteiger partial charge in [-0.15, -0.1) is 0 Å². The van der Waals surface area contributed by atoms with Gasteiger partial charge in [-0.25, -0.2) is 9.97 Å². The summed E-state index contributed by atoms with van der Waals surface area (Å²) >= 11 is 5.99. The molecule has 19 heavy (non-hydrogen) atoms. The van der Waals surface area contributed by atoms with Gasteiger partial charge in [-0.3, -0.25) is 0 Å². The molecule has 1 heterocycles. The lowest BCUT2D eigenvalue weighted by atomic mass is 10.1. The van der Waals surface area contributed by atoms with Crippen molar-refractivity contribution in [3.05, 3.63) is 41.3 Å². The molecule has 0 aliphatic rings. The Morgan fingerprint density at radius 3 is 2.95 bits per heavy atom. The lowest BCUT2D eigenvalue weighted by molar-refractivity contribution is 0.336. The van der Waals surface area contributed by atoms with Gasteiger partial charge in [0.05, 0.1) is 12.8 Å². The molecule has 0 unspecified atom stereocenters. The topological polar surface area (TPSA) is 73.1 Å². The quantitative estimate of drug-likeness (QED) is 0.880. The number of benzene rings is 1. The monoisotopic (exact) mass is 278 g/mol. The fourth-order valence-electron chi connectivity index (χ4n) is 1.65. The van der Waals surface area contributed by atoms with Gasteiger partial charge in [0.15, 0.2) is 5.82 Å². The van der Waals surface area contributed by atoms with E-state index in [-0.39, 0.29) is 0 Å². The highest BCUT2D eigenvalue weighted by atomic mass is 35.5. The summed E-state index contributed by atoms with van der Waals surface area (Å²) in [5.74, 6) is 1.35. The van der Waals surface area contributed by atoms with Crippen LogP contribution in [-0.4, -0.2) is 16.6 Å². The predicted octanol–water partition coefficient (Wildman–Crippen LogP) is 2.73. The van der Waals surface area contributed by atoms with Crippen molar-refractivity contribution in [2.24, 2.45) is 5.73 Å². The van der Waals surface area contributed by atoms with E-state index in [1.165, 1.54) is 12.5 Å². The molecular formula is C13H15ClN4O. The molecular weight excluding hydrogens is 264 g/mol. The van der Waals surface area contributed by atoms with Crippen molar-refractivity contribution in [3.63, 3.8) is 0 Å². The van der Waals surface area contributed by atoms with Crippen molar-refractivity contribution >= 4 is 23.1 Å². The molecule has 0 radical (unpaired) electrons. The Morgan fingerprint density at radius 2 is 2.26 bits per heavy atom. The number of aromatic nitrogens is 2. The maximum atomic E-state index is 5.99. The zero-order chi connectivity index (χ0) is 13.7. The van der Waals surface area contributed by atoms with E-state index in [4.69, 9.17) is 22.1 Å². The Morgan fingerprint density at radius 1 is 1.42 bits per heavy atom. The largest absolute Gasteiger partial charge is 0.494 e. The normalized spacial score (nSPS) is 10.3. The predicted molar refractivity (Wildman–Crippen MR) is 75.8 cm³/mol. The highest BCUT2D eigenvalue weighted by molar-refractivity contribution is 6.32. The standard InChI is InChI=1S/C13H15ClN4O/c1-2-19-12-4-3-10(5-9(12)6-15)18-13-11(14)7-16-8-17-13/h3-5,7-8H,2,6,15H2,1H3,(H,16,17,18). The Labute approximate surface area is 116 Å². The molecule has 0 atom stereocenters. The van der Waals surface area contributed by atoms with Crippen LogP contribution in [0.3, 0.4) is 0 Å². The molecule has 0 aliphatic heterocycles. The molecule has 5 nitrogen and oxygen atoms in total. The second-order valence-corrected chi connectivity index (χ2v) is 4.21. The average molecular weight is 279 g/mol. The van der Waals surface area contributed by atoms with Crippen LogP contribution in [0.15, 0.2) is 30.7 Å². The minimum absolute atomic E-state index is 0.405. The molecule has 0 fully saturated rings. The van der Waals surface area contributed by atoms with Gasteiger partial charge >= 0.3 is 0 Å². The van der Waals surface area contributed by atoms with Crippen LogP contribution in [0.1, 0.15) is 12.5 Å². The second kappa shape index (κ2) is 6.36. The zero-order valence-corrected chi connectivity index (χ0v) is 11.3. The van der Waals surface area contributed by atoms with E-state index in [0.717, 1.165) is 17.0 Å². The number of nitrogens with one attached hydrogen (secondary N) is 1. The first-order valence-corrected chi connectivity index (χ1v) is 6.30. The van der Waals surface area contributed by atoms with Gasteiger partial charge in [0.1, 0.15) is 17.1 Å². The molecule has 1 aromatic carbocycles. The average Bonchev–Trinajstić information content (AvgIpc) is 2.43. The summed E-state index contributed by atoms with van der Waals surface area (Å²) in [5.41, 5.74) is 7.49. The molecule has 2 rings (SSSR count). The molecule has 2 aromatic rings. The lowest BCUT2D eigenvalue weighted by Crippen LogP contribution is -2.03. The Bertz CT molecular complexity index is 562. The molecule has 0 saturated carbocycles. The number of hydrogen-bond acceptors (Lipinski definition) is 5. The summed E-state index contributed by atoms with van der Waals surface area (Å²) in [6, 6.07) is 5.69. The fourth-order valence-corrected chi connectivity index (χ4v) is 1.81. The summed E-state index contributed by atoms with van der Waals surface area (Å²) in [4.78, 5) is 7.91. The van der Waals surface area contributed by atoms with E-state index in [9.17, 15) is 0 Å². The van der Waals surface area contributed by atoms with Crippen molar-refractivity contribution in [2.45, 2.75) is 13.5 Å². The van der Waals surface area contributed by atoms with Crippen molar-refractivity contribution in [2.75, 3.05) is 11.9 Å². The minimum atomic E-state index is 0.405. The number of nitrogens with zero attached hydrogens (tertiary/aromatic N) is 2. The van der Waals surface area contributed by atoms with E-state index in [1.807, 2.05) is 25.1 Å². The number of hydrogen-bond donors (Lipinski definition) is 2. The van der Waals surface area contributed by atoms with Crippen LogP contribution < -0.4 is 15.8 Å². The molecule has 0 saturated heterocycles. The van der Waals surface area contributed by atoms with Crippen LogP contribution in [0.2, 0.25) is 5.02 Å². The molecule has 0 amide bonds.